The number of rotatable bonds is 6. The van der Waals surface area contributed by atoms with Crippen LogP contribution < -0.4 is 0 Å². The number of unbranched alkanes of at least 4 members (excludes halogenated alkanes) is 1. The average Bonchev–Trinajstić information content (AvgIpc) is 2.56. The second-order valence-electron chi connectivity index (χ2n) is 6.72. The third-order valence-corrected chi connectivity index (χ3v) is 4.95. The van der Waals surface area contributed by atoms with Crippen LogP contribution in [0.1, 0.15) is 77.6 Å². The molecule has 4 nitrogen and oxygen atoms in total. The van der Waals surface area contributed by atoms with Crippen LogP contribution in [0, 0.1) is 11.8 Å². The van der Waals surface area contributed by atoms with Gasteiger partial charge in [0, 0.05) is 0 Å². The van der Waals surface area contributed by atoms with Crippen LogP contribution in [0.15, 0.2) is 0 Å². The lowest BCUT2D eigenvalue weighted by molar-refractivity contribution is -0.167. The summed E-state index contributed by atoms with van der Waals surface area (Å²) < 4.78 is 11.0. The van der Waals surface area contributed by atoms with E-state index in [1.165, 1.54) is 6.42 Å². The van der Waals surface area contributed by atoms with E-state index in [1.807, 2.05) is 0 Å². The molecule has 0 aromatic carbocycles. The Hall–Kier alpha value is -1.06. The number of esters is 2. The monoisotopic (exact) mass is 310 g/mol. The lowest BCUT2D eigenvalue weighted by Gasteiger charge is -2.30. The largest absolute Gasteiger partial charge is 0.465 e. The summed E-state index contributed by atoms with van der Waals surface area (Å²) in [6, 6.07) is 0. The zero-order valence-corrected chi connectivity index (χ0v) is 13.9. The van der Waals surface area contributed by atoms with Gasteiger partial charge in [0.1, 0.15) is 6.10 Å². The van der Waals surface area contributed by atoms with Crippen LogP contribution in [-0.4, -0.2) is 24.6 Å². The summed E-state index contributed by atoms with van der Waals surface area (Å²) in [6.45, 7) is 2.54. The van der Waals surface area contributed by atoms with Crippen molar-refractivity contribution < 1.29 is 19.1 Å². The Morgan fingerprint density at radius 3 is 2.09 bits per heavy atom. The van der Waals surface area contributed by atoms with Gasteiger partial charge in [0.25, 0.3) is 0 Å². The van der Waals surface area contributed by atoms with E-state index in [1.54, 1.807) is 0 Å². The average molecular weight is 310 g/mol. The molecular weight excluding hydrogens is 280 g/mol. The molecule has 0 saturated heterocycles. The van der Waals surface area contributed by atoms with Crippen LogP contribution >= 0.6 is 0 Å². The van der Waals surface area contributed by atoms with Gasteiger partial charge in [-0.15, -0.1) is 0 Å². The van der Waals surface area contributed by atoms with Crippen LogP contribution in [-0.2, 0) is 19.1 Å². The number of hydrogen-bond donors (Lipinski definition) is 0. The van der Waals surface area contributed by atoms with Crippen LogP contribution in [0.5, 0.6) is 0 Å². The van der Waals surface area contributed by atoms with Gasteiger partial charge in [-0.1, -0.05) is 32.6 Å². The molecule has 0 heterocycles. The smallest absolute Gasteiger partial charge is 0.310 e. The van der Waals surface area contributed by atoms with Gasteiger partial charge < -0.3 is 9.47 Å². The number of carbonyl (C=O) groups excluding carboxylic acids is 2. The van der Waals surface area contributed by atoms with Crippen molar-refractivity contribution in [3.8, 4) is 0 Å². The van der Waals surface area contributed by atoms with Crippen molar-refractivity contribution in [2.24, 2.45) is 11.8 Å². The van der Waals surface area contributed by atoms with Crippen molar-refractivity contribution in [1.82, 2.24) is 0 Å². The Labute approximate surface area is 133 Å². The Balaban J connectivity index is 1.87. The normalized spacial score (nSPS) is 26.4. The molecule has 0 amide bonds. The molecule has 22 heavy (non-hydrogen) atoms. The quantitative estimate of drug-likeness (QED) is 0.549. The molecule has 0 aliphatic heterocycles. The van der Waals surface area contributed by atoms with Crippen LogP contribution in [0.4, 0.5) is 0 Å². The summed E-state index contributed by atoms with van der Waals surface area (Å²) in [6.07, 6.45) is 11.0. The molecule has 0 aromatic rings. The Morgan fingerprint density at radius 1 is 0.864 bits per heavy atom. The highest BCUT2D eigenvalue weighted by molar-refractivity contribution is 5.82. The zero-order valence-electron chi connectivity index (χ0n) is 13.9. The molecule has 2 saturated carbocycles. The second kappa shape index (κ2) is 9.16. The van der Waals surface area contributed by atoms with Gasteiger partial charge in [-0.3, -0.25) is 9.59 Å². The van der Waals surface area contributed by atoms with Crippen molar-refractivity contribution in [1.29, 1.82) is 0 Å². The molecule has 0 radical (unpaired) electrons. The summed E-state index contributed by atoms with van der Waals surface area (Å²) in [5, 5.41) is 0. The van der Waals surface area contributed by atoms with E-state index >= 15 is 0 Å². The van der Waals surface area contributed by atoms with Gasteiger partial charge in [-0.2, -0.15) is 0 Å². The molecule has 0 N–H and O–H groups in total. The molecule has 2 atom stereocenters. The van der Waals surface area contributed by atoms with Gasteiger partial charge in [-0.25, -0.2) is 0 Å². The molecule has 2 aliphatic rings. The third kappa shape index (κ3) is 4.99. The highest BCUT2D eigenvalue weighted by Gasteiger charge is 2.38. The Kier molecular flexibility index (Phi) is 7.20. The molecule has 0 spiro atoms. The van der Waals surface area contributed by atoms with E-state index in [9.17, 15) is 9.59 Å². The van der Waals surface area contributed by atoms with E-state index in [4.69, 9.17) is 9.47 Å². The standard InChI is InChI=1S/C18H30O4/c1-2-3-13-21-17(19)15-11-7-8-12-16(15)18(20)22-14-9-5-4-6-10-14/h14-16H,2-13H2,1H3. The van der Waals surface area contributed by atoms with E-state index in [-0.39, 0.29) is 29.9 Å². The lowest BCUT2D eigenvalue weighted by Crippen LogP contribution is -2.37. The van der Waals surface area contributed by atoms with Crippen molar-refractivity contribution in [2.45, 2.75) is 83.7 Å². The Morgan fingerprint density at radius 2 is 1.45 bits per heavy atom. The first-order valence-corrected chi connectivity index (χ1v) is 9.09. The fourth-order valence-corrected chi connectivity index (χ4v) is 3.55. The SMILES string of the molecule is CCCCOC(=O)C1CCCCC1C(=O)OC1CCCCC1. The van der Waals surface area contributed by atoms with Crippen LogP contribution in [0.2, 0.25) is 0 Å². The predicted molar refractivity (Wildman–Crippen MR) is 84.3 cm³/mol. The predicted octanol–water partition coefficient (Wildman–Crippen LogP) is 4.01. The van der Waals surface area contributed by atoms with E-state index in [2.05, 4.69) is 6.92 Å². The highest BCUT2D eigenvalue weighted by atomic mass is 16.5. The fraction of sp³-hybridized carbons (Fsp3) is 0.889. The maximum absolute atomic E-state index is 12.5. The second-order valence-corrected chi connectivity index (χ2v) is 6.72. The van der Waals surface area contributed by atoms with Gasteiger partial charge in [0.2, 0.25) is 0 Å². The van der Waals surface area contributed by atoms with E-state index in [0.29, 0.717) is 6.61 Å². The summed E-state index contributed by atoms with van der Waals surface area (Å²) in [5.41, 5.74) is 0. The first-order valence-electron chi connectivity index (χ1n) is 9.09. The molecular formula is C18H30O4. The molecule has 4 heteroatoms. The minimum absolute atomic E-state index is 0.0694. The number of ether oxygens (including phenoxy) is 2. The topological polar surface area (TPSA) is 52.6 Å². The van der Waals surface area contributed by atoms with Gasteiger partial charge in [0.05, 0.1) is 18.4 Å². The maximum Gasteiger partial charge on any atom is 0.310 e. The van der Waals surface area contributed by atoms with Crippen molar-refractivity contribution in [3.05, 3.63) is 0 Å². The summed E-state index contributed by atoms with van der Waals surface area (Å²) >= 11 is 0. The van der Waals surface area contributed by atoms with Gasteiger partial charge in [-0.05, 0) is 44.9 Å². The van der Waals surface area contributed by atoms with Crippen LogP contribution in [0.25, 0.3) is 0 Å². The first kappa shape index (κ1) is 17.3. The van der Waals surface area contributed by atoms with Crippen molar-refractivity contribution >= 4 is 11.9 Å². The summed E-state index contributed by atoms with van der Waals surface area (Å²) in [5.74, 6) is -0.936. The zero-order chi connectivity index (χ0) is 15.8. The number of carbonyl (C=O) groups is 2. The van der Waals surface area contributed by atoms with E-state index in [0.717, 1.165) is 64.2 Å². The van der Waals surface area contributed by atoms with Gasteiger partial charge >= 0.3 is 11.9 Å². The lowest BCUT2D eigenvalue weighted by atomic mass is 9.79. The minimum Gasteiger partial charge on any atom is -0.465 e. The fourth-order valence-electron chi connectivity index (χ4n) is 3.55. The van der Waals surface area contributed by atoms with Crippen molar-refractivity contribution in [3.63, 3.8) is 0 Å². The summed E-state index contributed by atoms with van der Waals surface area (Å²) in [4.78, 5) is 24.7. The Bertz CT molecular complexity index is 360. The molecule has 0 aromatic heterocycles. The van der Waals surface area contributed by atoms with E-state index < -0.39 is 0 Å². The van der Waals surface area contributed by atoms with Crippen molar-refractivity contribution in [2.75, 3.05) is 6.61 Å². The maximum atomic E-state index is 12.5. The third-order valence-electron chi connectivity index (χ3n) is 4.95. The van der Waals surface area contributed by atoms with Gasteiger partial charge in [0.15, 0.2) is 0 Å². The molecule has 2 rings (SSSR count). The molecule has 126 valence electrons. The highest BCUT2D eigenvalue weighted by Crippen LogP contribution is 2.33. The van der Waals surface area contributed by atoms with Crippen LogP contribution in [0.3, 0.4) is 0 Å². The molecule has 0 bridgehead atoms. The number of hydrogen-bond acceptors (Lipinski definition) is 4. The first-order chi connectivity index (χ1) is 10.7. The molecule has 2 aliphatic carbocycles. The minimum atomic E-state index is -0.290. The summed E-state index contributed by atoms with van der Waals surface area (Å²) in [7, 11) is 0. The molecule has 2 unspecified atom stereocenters. The molecule has 2 fully saturated rings.